The number of alkyl halides is 2. The molecule has 0 radical (unpaired) electrons. The molecule has 0 spiro atoms. The van der Waals surface area contributed by atoms with Gasteiger partial charge in [-0.25, -0.2) is 8.78 Å². The van der Waals surface area contributed by atoms with E-state index in [1.807, 2.05) is 0 Å². The molecule has 9 heteroatoms. The zero-order chi connectivity index (χ0) is 18.5. The molecule has 0 bridgehead atoms. The number of halogens is 2. The molecule has 2 atom stereocenters. The molecule has 1 saturated carbocycles. The maximum atomic E-state index is 13.2. The van der Waals surface area contributed by atoms with Crippen molar-refractivity contribution in [3.8, 4) is 0 Å². The molecule has 1 aromatic rings. The number of hydrogen-bond acceptors (Lipinski definition) is 4. The Balaban J connectivity index is 1.58. The lowest BCUT2D eigenvalue weighted by atomic mass is 9.75. The topological polar surface area (TPSA) is 76.5 Å². The second-order valence-electron chi connectivity index (χ2n) is 7.43. The lowest BCUT2D eigenvalue weighted by molar-refractivity contribution is -0.138. The summed E-state index contributed by atoms with van der Waals surface area (Å²) in [4.78, 5) is 27.3. The van der Waals surface area contributed by atoms with Crippen LogP contribution in [0.2, 0.25) is 0 Å². The first-order valence-electron chi connectivity index (χ1n) is 8.94. The van der Waals surface area contributed by atoms with Crippen molar-refractivity contribution in [2.75, 3.05) is 19.7 Å². The summed E-state index contributed by atoms with van der Waals surface area (Å²) in [6.45, 7) is 1.03. The molecule has 3 heterocycles. The number of likely N-dealkylation sites (tertiary alicyclic amines) is 1. The Kier molecular flexibility index (Phi) is 4.21. The van der Waals surface area contributed by atoms with Gasteiger partial charge in [-0.3, -0.25) is 14.3 Å². The molecule has 1 aliphatic carbocycles. The van der Waals surface area contributed by atoms with Crippen LogP contribution in [0.25, 0.3) is 0 Å². The van der Waals surface area contributed by atoms with Gasteiger partial charge in [0, 0.05) is 39.0 Å². The van der Waals surface area contributed by atoms with Crippen molar-refractivity contribution >= 4 is 11.8 Å². The van der Waals surface area contributed by atoms with Gasteiger partial charge in [-0.05, 0) is 25.7 Å². The second kappa shape index (κ2) is 6.29. The number of ether oxygens (including phenoxy) is 1. The summed E-state index contributed by atoms with van der Waals surface area (Å²) in [5, 5.41) is 6.73. The fourth-order valence-electron chi connectivity index (χ4n) is 4.00. The summed E-state index contributed by atoms with van der Waals surface area (Å²) < 4.78 is 33.4. The molecule has 3 aliphatic rings. The minimum Gasteiger partial charge on any atom is -0.377 e. The van der Waals surface area contributed by atoms with Crippen LogP contribution in [0.5, 0.6) is 0 Å². The molecule has 26 heavy (non-hydrogen) atoms. The summed E-state index contributed by atoms with van der Waals surface area (Å²) in [6, 6.07) is 0.216. The van der Waals surface area contributed by atoms with Crippen molar-refractivity contribution in [2.24, 2.45) is 12.5 Å². The molecule has 2 amide bonds. The van der Waals surface area contributed by atoms with Gasteiger partial charge in [-0.15, -0.1) is 0 Å². The lowest BCUT2D eigenvalue weighted by Gasteiger charge is -2.42. The second-order valence-corrected chi connectivity index (χ2v) is 7.43. The SMILES string of the molecule is Cn1cc(C(=O)N2CC[C@H]3OCC[C@@]3(C(=O)NC3CC3)C2)c(C(F)F)n1. The van der Waals surface area contributed by atoms with Crippen LogP contribution in [0, 0.1) is 5.41 Å². The van der Waals surface area contributed by atoms with Crippen molar-refractivity contribution in [3.05, 3.63) is 17.5 Å². The number of hydrogen-bond donors (Lipinski definition) is 1. The van der Waals surface area contributed by atoms with E-state index in [0.29, 0.717) is 26.0 Å². The van der Waals surface area contributed by atoms with Crippen LogP contribution in [0.4, 0.5) is 8.78 Å². The number of piperidine rings is 1. The van der Waals surface area contributed by atoms with Crippen molar-refractivity contribution in [1.82, 2.24) is 20.0 Å². The number of fused-ring (bicyclic) bond motifs is 1. The van der Waals surface area contributed by atoms with Crippen LogP contribution in [-0.2, 0) is 16.6 Å². The molecular formula is C17H22F2N4O3. The van der Waals surface area contributed by atoms with Crippen molar-refractivity contribution in [3.63, 3.8) is 0 Å². The Morgan fingerprint density at radius 1 is 1.38 bits per heavy atom. The highest BCUT2D eigenvalue weighted by molar-refractivity contribution is 5.96. The third kappa shape index (κ3) is 2.87. The van der Waals surface area contributed by atoms with E-state index in [9.17, 15) is 18.4 Å². The van der Waals surface area contributed by atoms with Crippen molar-refractivity contribution in [2.45, 2.75) is 44.3 Å². The van der Waals surface area contributed by atoms with Gasteiger partial charge >= 0.3 is 0 Å². The van der Waals surface area contributed by atoms with Crippen molar-refractivity contribution in [1.29, 1.82) is 0 Å². The summed E-state index contributed by atoms with van der Waals surface area (Å²) >= 11 is 0. The van der Waals surface area contributed by atoms with Crippen LogP contribution >= 0.6 is 0 Å². The number of aryl methyl sites for hydroxylation is 1. The minimum atomic E-state index is -2.82. The predicted molar refractivity (Wildman–Crippen MR) is 86.6 cm³/mol. The van der Waals surface area contributed by atoms with Gasteiger partial charge in [0.25, 0.3) is 12.3 Å². The Morgan fingerprint density at radius 3 is 2.85 bits per heavy atom. The van der Waals surface area contributed by atoms with Crippen LogP contribution in [0.1, 0.15) is 48.2 Å². The standard InChI is InChI=1S/C17H22F2N4O3/c1-22-8-11(13(21-22)14(18)19)15(24)23-6-4-12-17(9-23,5-7-26-12)16(25)20-10-2-3-10/h8,10,12,14H,2-7,9H2,1H3,(H,20,25)/t12-,17-/m1/s1. The minimum absolute atomic E-state index is 0.0831. The first kappa shape index (κ1) is 17.4. The Hall–Kier alpha value is -2.03. The summed E-state index contributed by atoms with van der Waals surface area (Å²) in [5.41, 5.74) is -1.40. The van der Waals surface area contributed by atoms with E-state index in [2.05, 4.69) is 10.4 Å². The summed E-state index contributed by atoms with van der Waals surface area (Å²) in [7, 11) is 1.50. The maximum Gasteiger partial charge on any atom is 0.282 e. The summed E-state index contributed by atoms with van der Waals surface area (Å²) in [6.07, 6.45) is 1.27. The van der Waals surface area contributed by atoms with E-state index in [4.69, 9.17) is 4.74 Å². The van der Waals surface area contributed by atoms with Crippen LogP contribution < -0.4 is 5.32 Å². The first-order valence-corrected chi connectivity index (χ1v) is 8.94. The number of carbonyl (C=O) groups excluding carboxylic acids is 2. The van der Waals surface area contributed by atoms with E-state index in [0.717, 1.165) is 12.8 Å². The van der Waals surface area contributed by atoms with E-state index in [1.54, 1.807) is 0 Å². The molecule has 3 fully saturated rings. The highest BCUT2D eigenvalue weighted by Gasteiger charge is 2.54. The van der Waals surface area contributed by atoms with Gasteiger partial charge in [-0.2, -0.15) is 5.10 Å². The zero-order valence-electron chi connectivity index (χ0n) is 14.6. The monoisotopic (exact) mass is 368 g/mol. The Labute approximate surface area is 149 Å². The number of nitrogens with zero attached hydrogens (tertiary/aromatic N) is 3. The molecule has 7 nitrogen and oxygen atoms in total. The summed E-state index contributed by atoms with van der Waals surface area (Å²) in [5.74, 6) is -0.586. The molecule has 4 rings (SSSR count). The van der Waals surface area contributed by atoms with Crippen LogP contribution in [0.15, 0.2) is 6.20 Å². The first-order chi connectivity index (χ1) is 12.4. The molecule has 1 aromatic heterocycles. The smallest absolute Gasteiger partial charge is 0.282 e. The van der Waals surface area contributed by atoms with E-state index >= 15 is 0 Å². The third-order valence-electron chi connectivity index (χ3n) is 5.56. The molecule has 2 saturated heterocycles. The average Bonchev–Trinajstić information content (AvgIpc) is 3.17. The fraction of sp³-hybridized carbons (Fsp3) is 0.706. The Morgan fingerprint density at radius 2 is 2.15 bits per heavy atom. The number of nitrogens with one attached hydrogen (secondary N) is 1. The molecule has 142 valence electrons. The van der Waals surface area contributed by atoms with Gasteiger partial charge in [0.2, 0.25) is 5.91 Å². The van der Waals surface area contributed by atoms with Gasteiger partial charge in [0.15, 0.2) is 0 Å². The third-order valence-corrected chi connectivity index (χ3v) is 5.56. The van der Waals surface area contributed by atoms with Gasteiger partial charge in [0.05, 0.1) is 17.1 Å². The maximum absolute atomic E-state index is 13.2. The van der Waals surface area contributed by atoms with E-state index in [-0.39, 0.29) is 30.2 Å². The molecule has 1 N–H and O–H groups in total. The predicted octanol–water partition coefficient (Wildman–Crippen LogP) is 1.26. The normalized spacial score (nSPS) is 28.3. The Bertz CT molecular complexity index is 734. The molecular weight excluding hydrogens is 346 g/mol. The van der Waals surface area contributed by atoms with E-state index in [1.165, 1.54) is 22.8 Å². The van der Waals surface area contributed by atoms with Gasteiger partial charge in [0.1, 0.15) is 5.69 Å². The van der Waals surface area contributed by atoms with E-state index < -0.39 is 23.4 Å². The number of amides is 2. The molecule has 2 aliphatic heterocycles. The van der Waals surface area contributed by atoms with Crippen molar-refractivity contribution < 1.29 is 23.1 Å². The highest BCUT2D eigenvalue weighted by Crippen LogP contribution is 2.42. The molecule has 0 unspecified atom stereocenters. The largest absolute Gasteiger partial charge is 0.377 e. The molecule has 0 aromatic carbocycles. The average molecular weight is 368 g/mol. The highest BCUT2D eigenvalue weighted by atomic mass is 19.3. The number of aromatic nitrogens is 2. The quantitative estimate of drug-likeness (QED) is 0.868. The number of carbonyl (C=O) groups is 2. The zero-order valence-corrected chi connectivity index (χ0v) is 14.6. The van der Waals surface area contributed by atoms with Gasteiger partial charge in [-0.1, -0.05) is 0 Å². The lowest BCUT2D eigenvalue weighted by Crippen LogP contribution is -2.58. The number of rotatable bonds is 4. The van der Waals surface area contributed by atoms with Crippen LogP contribution in [0.3, 0.4) is 0 Å². The van der Waals surface area contributed by atoms with Gasteiger partial charge < -0.3 is 15.0 Å². The fourth-order valence-corrected chi connectivity index (χ4v) is 4.00. The van der Waals surface area contributed by atoms with Crippen LogP contribution in [-0.4, -0.2) is 58.3 Å².